The largest absolute Gasteiger partial charge is 0.324 e. The highest BCUT2D eigenvalue weighted by molar-refractivity contribution is 6.40. The fraction of sp³-hybridized carbons (Fsp3) is 0.353. The van der Waals surface area contributed by atoms with Crippen molar-refractivity contribution in [1.29, 1.82) is 0 Å². The first-order valence-corrected chi connectivity index (χ1v) is 8.47. The van der Waals surface area contributed by atoms with Gasteiger partial charge in [-0.3, -0.25) is 14.4 Å². The summed E-state index contributed by atoms with van der Waals surface area (Å²) in [7, 11) is 0. The van der Waals surface area contributed by atoms with Crippen LogP contribution in [0.2, 0.25) is 10.0 Å². The zero-order chi connectivity index (χ0) is 17.2. The van der Waals surface area contributed by atoms with Gasteiger partial charge >= 0.3 is 0 Å². The number of nitrogens with zero attached hydrogens (tertiary/aromatic N) is 1. The molecule has 1 aromatic rings. The van der Waals surface area contributed by atoms with Gasteiger partial charge in [-0.05, 0) is 30.4 Å². The van der Waals surface area contributed by atoms with Crippen molar-refractivity contribution in [2.75, 3.05) is 10.2 Å². The van der Waals surface area contributed by atoms with Crippen LogP contribution in [0.15, 0.2) is 24.3 Å². The highest BCUT2D eigenvalue weighted by atomic mass is 35.5. The van der Waals surface area contributed by atoms with Crippen molar-refractivity contribution in [3.05, 3.63) is 34.3 Å². The molecule has 7 heteroatoms. The van der Waals surface area contributed by atoms with E-state index < -0.39 is 0 Å². The highest BCUT2D eigenvalue weighted by Gasteiger charge is 2.59. The first-order valence-electron chi connectivity index (χ1n) is 7.71. The molecule has 1 heterocycles. The van der Waals surface area contributed by atoms with Crippen LogP contribution in [0.1, 0.15) is 13.3 Å². The molecular weight excluding hydrogens is 351 g/mol. The molecule has 2 aliphatic carbocycles. The Hall–Kier alpha value is -1.85. The molecule has 1 N–H and O–H groups in total. The Kier molecular flexibility index (Phi) is 3.48. The van der Waals surface area contributed by atoms with Crippen molar-refractivity contribution in [3.8, 4) is 0 Å². The van der Waals surface area contributed by atoms with Gasteiger partial charge in [-0.1, -0.05) is 35.4 Å². The number of hydrogen-bond acceptors (Lipinski definition) is 3. The molecule has 24 heavy (non-hydrogen) atoms. The van der Waals surface area contributed by atoms with E-state index in [0.29, 0.717) is 5.69 Å². The molecule has 0 aromatic heterocycles. The fourth-order valence-corrected chi connectivity index (χ4v) is 4.71. The molecule has 4 rings (SSSR count). The maximum atomic E-state index is 12.8. The minimum Gasteiger partial charge on any atom is -0.324 e. The monoisotopic (exact) mass is 364 g/mol. The molecule has 5 nitrogen and oxygen atoms in total. The van der Waals surface area contributed by atoms with E-state index >= 15 is 0 Å². The Morgan fingerprint density at radius 2 is 1.58 bits per heavy atom. The molecule has 2 bridgehead atoms. The molecule has 3 aliphatic rings. The summed E-state index contributed by atoms with van der Waals surface area (Å²) in [6, 6.07) is 2.98. The lowest BCUT2D eigenvalue weighted by atomic mass is 9.85. The molecule has 124 valence electrons. The van der Waals surface area contributed by atoms with Crippen molar-refractivity contribution in [2.45, 2.75) is 13.3 Å². The van der Waals surface area contributed by atoms with Gasteiger partial charge in [0.15, 0.2) is 0 Å². The first kappa shape index (κ1) is 15.7. The number of carbonyl (C=O) groups excluding carboxylic acids is 3. The van der Waals surface area contributed by atoms with Crippen molar-refractivity contribution >= 4 is 52.3 Å². The van der Waals surface area contributed by atoms with E-state index in [2.05, 4.69) is 5.32 Å². The molecular formula is C17H14Cl2N2O3. The van der Waals surface area contributed by atoms with Crippen LogP contribution in [0.3, 0.4) is 0 Å². The lowest BCUT2D eigenvalue weighted by molar-refractivity contribution is -0.123. The molecule has 0 radical (unpaired) electrons. The van der Waals surface area contributed by atoms with Gasteiger partial charge in [-0.15, -0.1) is 0 Å². The van der Waals surface area contributed by atoms with Crippen LogP contribution in [-0.2, 0) is 14.4 Å². The van der Waals surface area contributed by atoms with E-state index in [0.717, 1.165) is 6.42 Å². The normalized spacial score (nSPS) is 30.2. The highest BCUT2D eigenvalue weighted by Crippen LogP contribution is 2.53. The number of carbonyl (C=O) groups is 3. The van der Waals surface area contributed by atoms with Crippen LogP contribution in [0, 0.1) is 23.7 Å². The van der Waals surface area contributed by atoms with E-state index in [1.54, 1.807) is 0 Å². The van der Waals surface area contributed by atoms with Crippen molar-refractivity contribution in [3.63, 3.8) is 0 Å². The summed E-state index contributed by atoms with van der Waals surface area (Å²) >= 11 is 12.4. The Morgan fingerprint density at radius 3 is 2.04 bits per heavy atom. The summed E-state index contributed by atoms with van der Waals surface area (Å²) in [5.41, 5.74) is 0.624. The molecule has 2 fully saturated rings. The van der Waals surface area contributed by atoms with Gasteiger partial charge in [0, 0.05) is 6.92 Å². The number of anilines is 2. The van der Waals surface area contributed by atoms with E-state index in [-0.39, 0.29) is 57.1 Å². The number of imide groups is 1. The molecule has 1 aliphatic heterocycles. The van der Waals surface area contributed by atoms with Gasteiger partial charge < -0.3 is 5.32 Å². The van der Waals surface area contributed by atoms with E-state index in [1.165, 1.54) is 24.0 Å². The third kappa shape index (κ3) is 2.11. The molecule has 1 aromatic carbocycles. The first-order chi connectivity index (χ1) is 11.4. The van der Waals surface area contributed by atoms with Crippen LogP contribution in [-0.4, -0.2) is 17.7 Å². The fourth-order valence-electron chi connectivity index (χ4n) is 4.14. The molecule has 1 saturated heterocycles. The zero-order valence-electron chi connectivity index (χ0n) is 12.8. The Labute approximate surface area is 148 Å². The van der Waals surface area contributed by atoms with Crippen LogP contribution in [0.4, 0.5) is 11.4 Å². The van der Waals surface area contributed by atoms with Gasteiger partial charge in [-0.25, -0.2) is 4.90 Å². The lowest BCUT2D eigenvalue weighted by Crippen LogP contribution is -2.32. The van der Waals surface area contributed by atoms with Crippen molar-refractivity contribution in [1.82, 2.24) is 0 Å². The third-order valence-corrected chi connectivity index (χ3v) is 5.65. The number of nitrogens with one attached hydrogen (secondary N) is 1. The topological polar surface area (TPSA) is 66.5 Å². The smallest absolute Gasteiger partial charge is 0.238 e. The second kappa shape index (κ2) is 5.33. The van der Waals surface area contributed by atoms with Crippen LogP contribution < -0.4 is 10.2 Å². The Balaban J connectivity index is 1.71. The summed E-state index contributed by atoms with van der Waals surface area (Å²) in [6.45, 7) is 1.35. The maximum Gasteiger partial charge on any atom is 0.238 e. The van der Waals surface area contributed by atoms with Gasteiger partial charge in [0.25, 0.3) is 0 Å². The van der Waals surface area contributed by atoms with E-state index in [9.17, 15) is 14.4 Å². The summed E-state index contributed by atoms with van der Waals surface area (Å²) in [6.07, 6.45) is 4.96. The van der Waals surface area contributed by atoms with Gasteiger partial charge in [0.2, 0.25) is 17.7 Å². The molecule has 4 atom stereocenters. The average molecular weight is 365 g/mol. The molecule has 1 saturated carbocycles. The SMILES string of the molecule is CC(=O)Nc1c(Cl)cc(N2C(=O)[C@H]3[C@H](C2=O)[C@H]2C=C[C@H]3C2)cc1Cl. The standard InChI is InChI=1S/C17H14Cl2N2O3/c1-7(22)20-15-11(18)5-10(6-12(15)19)21-16(23)13-8-2-3-9(4-8)14(13)17(21)24/h2-3,5-6,8-9,13-14H,4H2,1H3,(H,20,22)/t8-,9-,13+,14+/m0/s1. The Bertz CT molecular complexity index is 767. The molecule has 0 spiro atoms. The van der Waals surface area contributed by atoms with Gasteiger partial charge in [-0.2, -0.15) is 0 Å². The van der Waals surface area contributed by atoms with Crippen LogP contribution >= 0.6 is 23.2 Å². The number of hydrogen-bond donors (Lipinski definition) is 1. The van der Waals surface area contributed by atoms with E-state index in [4.69, 9.17) is 23.2 Å². The van der Waals surface area contributed by atoms with Crippen LogP contribution in [0.5, 0.6) is 0 Å². The number of rotatable bonds is 2. The summed E-state index contributed by atoms with van der Waals surface area (Å²) in [5, 5.41) is 2.92. The summed E-state index contributed by atoms with van der Waals surface area (Å²) in [5.74, 6) is -0.961. The number of allylic oxidation sites excluding steroid dienone is 2. The second-order valence-corrected chi connectivity index (χ2v) is 7.29. The zero-order valence-corrected chi connectivity index (χ0v) is 14.3. The predicted octanol–water partition coefficient (Wildman–Crippen LogP) is 3.26. The van der Waals surface area contributed by atoms with Crippen molar-refractivity contribution in [2.24, 2.45) is 23.7 Å². The van der Waals surface area contributed by atoms with E-state index in [1.807, 2.05) is 12.2 Å². The van der Waals surface area contributed by atoms with Gasteiger partial charge in [0.05, 0.1) is 33.3 Å². The van der Waals surface area contributed by atoms with Crippen LogP contribution in [0.25, 0.3) is 0 Å². The predicted molar refractivity (Wildman–Crippen MR) is 91.0 cm³/mol. The van der Waals surface area contributed by atoms with Gasteiger partial charge in [0.1, 0.15) is 0 Å². The average Bonchev–Trinajstić information content (AvgIpc) is 3.17. The molecule has 3 amide bonds. The minimum absolute atomic E-state index is 0.144. The molecule has 0 unspecified atom stereocenters. The lowest BCUT2D eigenvalue weighted by Gasteiger charge is -2.19. The number of halogens is 2. The van der Waals surface area contributed by atoms with Crippen molar-refractivity contribution < 1.29 is 14.4 Å². The summed E-state index contributed by atoms with van der Waals surface area (Å²) in [4.78, 5) is 38.0. The number of amides is 3. The minimum atomic E-state index is -0.308. The quantitative estimate of drug-likeness (QED) is 0.646. The third-order valence-electron chi connectivity index (χ3n) is 5.06. The Morgan fingerprint density at radius 1 is 1.08 bits per heavy atom. The maximum absolute atomic E-state index is 12.8. The number of benzene rings is 1. The summed E-state index contributed by atoms with van der Waals surface area (Å²) < 4.78 is 0. The number of fused-ring (bicyclic) bond motifs is 5. The second-order valence-electron chi connectivity index (χ2n) is 6.48.